The van der Waals surface area contributed by atoms with Crippen molar-refractivity contribution in [1.29, 1.82) is 0 Å². The number of carbonyl (C=O) groups is 1. The number of hydrogen-bond acceptors (Lipinski definition) is 5. The first kappa shape index (κ1) is 22.1. The van der Waals surface area contributed by atoms with E-state index in [1.54, 1.807) is 17.0 Å². The van der Waals surface area contributed by atoms with Gasteiger partial charge in [0.2, 0.25) is 15.9 Å². The standard InChI is InChI=1S/C18H28N4O3S.ClH/c1-12-8-13-9-14(26(20,24)25)4-5-15(13)22(12)17(23)10-21-7-6-16(19)18(2,3)11-21;/h4-5,9,12,16H,6-8,10-11,19H2,1-3H3,(H2,20,24,25);1H. The van der Waals surface area contributed by atoms with Gasteiger partial charge in [0.1, 0.15) is 0 Å². The summed E-state index contributed by atoms with van der Waals surface area (Å²) in [6, 6.07) is 4.88. The van der Waals surface area contributed by atoms with Crippen LogP contribution in [0.1, 0.15) is 32.8 Å². The Labute approximate surface area is 167 Å². The van der Waals surface area contributed by atoms with E-state index in [2.05, 4.69) is 18.7 Å². The third kappa shape index (κ3) is 4.46. The molecule has 1 saturated heterocycles. The molecular weight excluding hydrogens is 388 g/mol. The molecule has 0 bridgehead atoms. The van der Waals surface area contributed by atoms with Crippen LogP contribution in [-0.4, -0.2) is 50.9 Å². The van der Waals surface area contributed by atoms with Gasteiger partial charge in [-0.05, 0) is 48.9 Å². The number of sulfonamides is 1. The number of piperidine rings is 1. The second kappa shape index (κ2) is 7.67. The largest absolute Gasteiger partial charge is 0.327 e. The van der Waals surface area contributed by atoms with Crippen molar-refractivity contribution in [2.75, 3.05) is 24.5 Å². The first-order chi connectivity index (χ1) is 12.0. The fourth-order valence-electron chi connectivity index (χ4n) is 4.05. The van der Waals surface area contributed by atoms with Crippen molar-refractivity contribution in [3.8, 4) is 0 Å². The molecule has 7 nitrogen and oxygen atoms in total. The Morgan fingerprint density at radius 2 is 2.00 bits per heavy atom. The molecule has 152 valence electrons. The Hall–Kier alpha value is -1.19. The minimum atomic E-state index is -3.74. The summed E-state index contributed by atoms with van der Waals surface area (Å²) in [6.07, 6.45) is 1.50. The van der Waals surface area contributed by atoms with Gasteiger partial charge in [0.25, 0.3) is 0 Å². The van der Waals surface area contributed by atoms with E-state index in [-0.39, 0.29) is 40.7 Å². The van der Waals surface area contributed by atoms with Crippen molar-refractivity contribution >= 4 is 34.0 Å². The van der Waals surface area contributed by atoms with E-state index in [1.165, 1.54) is 6.07 Å². The van der Waals surface area contributed by atoms with E-state index in [1.807, 2.05) is 6.92 Å². The molecule has 4 N–H and O–H groups in total. The van der Waals surface area contributed by atoms with Crippen molar-refractivity contribution in [3.05, 3.63) is 23.8 Å². The number of anilines is 1. The van der Waals surface area contributed by atoms with Gasteiger partial charge >= 0.3 is 0 Å². The Bertz CT molecular complexity index is 828. The Morgan fingerprint density at radius 1 is 1.33 bits per heavy atom. The molecule has 2 unspecified atom stereocenters. The van der Waals surface area contributed by atoms with Gasteiger partial charge in [-0.2, -0.15) is 0 Å². The fraction of sp³-hybridized carbons (Fsp3) is 0.611. The lowest BCUT2D eigenvalue weighted by Crippen LogP contribution is -2.54. The summed E-state index contributed by atoms with van der Waals surface area (Å²) in [7, 11) is -3.74. The van der Waals surface area contributed by atoms with E-state index in [0.717, 1.165) is 30.8 Å². The molecule has 1 fully saturated rings. The fourth-order valence-corrected chi connectivity index (χ4v) is 4.62. The predicted octanol–water partition coefficient (Wildman–Crippen LogP) is 1.09. The number of nitrogens with two attached hydrogens (primary N) is 2. The van der Waals surface area contributed by atoms with Crippen LogP contribution in [0.2, 0.25) is 0 Å². The maximum absolute atomic E-state index is 13.0. The maximum Gasteiger partial charge on any atom is 0.241 e. The van der Waals surface area contributed by atoms with Gasteiger partial charge in [0.05, 0.1) is 11.4 Å². The minimum absolute atomic E-state index is 0. The topological polar surface area (TPSA) is 110 Å². The molecule has 2 aliphatic rings. The second-order valence-electron chi connectivity index (χ2n) is 8.25. The summed E-state index contributed by atoms with van der Waals surface area (Å²) in [5.74, 6) is 0.0332. The molecule has 0 aliphatic carbocycles. The van der Waals surface area contributed by atoms with Gasteiger partial charge in [-0.3, -0.25) is 9.69 Å². The summed E-state index contributed by atoms with van der Waals surface area (Å²) in [5, 5.41) is 5.22. The number of rotatable bonds is 3. The maximum atomic E-state index is 13.0. The van der Waals surface area contributed by atoms with Crippen molar-refractivity contribution in [2.24, 2.45) is 16.3 Å². The van der Waals surface area contributed by atoms with E-state index < -0.39 is 10.0 Å². The molecule has 2 heterocycles. The predicted molar refractivity (Wildman–Crippen MR) is 109 cm³/mol. The molecule has 1 aromatic carbocycles. The summed E-state index contributed by atoms with van der Waals surface area (Å²) < 4.78 is 23.1. The molecule has 1 amide bonds. The molecule has 27 heavy (non-hydrogen) atoms. The van der Waals surface area contributed by atoms with Crippen LogP contribution in [0.25, 0.3) is 0 Å². The van der Waals surface area contributed by atoms with Crippen LogP contribution in [0.15, 0.2) is 23.1 Å². The number of fused-ring (bicyclic) bond motifs is 1. The summed E-state index contributed by atoms with van der Waals surface area (Å²) in [5.41, 5.74) is 7.79. The van der Waals surface area contributed by atoms with Crippen molar-refractivity contribution in [3.63, 3.8) is 0 Å². The Kier molecular flexibility index (Phi) is 6.28. The number of primary sulfonamides is 1. The molecule has 1 aromatic rings. The highest BCUT2D eigenvalue weighted by atomic mass is 35.5. The highest BCUT2D eigenvalue weighted by molar-refractivity contribution is 7.89. The molecule has 0 saturated carbocycles. The van der Waals surface area contributed by atoms with Crippen LogP contribution >= 0.6 is 12.4 Å². The number of benzene rings is 1. The quantitative estimate of drug-likeness (QED) is 0.766. The van der Waals surface area contributed by atoms with Gasteiger partial charge in [0.15, 0.2) is 0 Å². The summed E-state index contributed by atoms with van der Waals surface area (Å²) >= 11 is 0. The lowest BCUT2D eigenvalue weighted by Gasteiger charge is -2.42. The number of likely N-dealkylation sites (tertiary alicyclic amines) is 1. The highest BCUT2D eigenvalue weighted by Gasteiger charge is 2.37. The molecule has 2 aliphatic heterocycles. The summed E-state index contributed by atoms with van der Waals surface area (Å²) in [6.45, 7) is 8.20. The minimum Gasteiger partial charge on any atom is -0.327 e. The van der Waals surface area contributed by atoms with Gasteiger partial charge < -0.3 is 10.6 Å². The van der Waals surface area contributed by atoms with Crippen molar-refractivity contribution in [2.45, 2.75) is 50.6 Å². The average molecular weight is 417 g/mol. The van der Waals surface area contributed by atoms with Crippen molar-refractivity contribution < 1.29 is 13.2 Å². The zero-order valence-electron chi connectivity index (χ0n) is 16.0. The van der Waals surface area contributed by atoms with Crippen LogP contribution in [0.4, 0.5) is 5.69 Å². The molecule has 0 spiro atoms. The normalized spacial score (nSPS) is 25.0. The van der Waals surface area contributed by atoms with E-state index in [9.17, 15) is 13.2 Å². The first-order valence-corrected chi connectivity index (χ1v) is 10.5. The SMILES string of the molecule is CC1Cc2cc(S(N)(=O)=O)ccc2N1C(=O)CN1CCC(N)C(C)(C)C1.Cl. The third-order valence-electron chi connectivity index (χ3n) is 5.61. The Morgan fingerprint density at radius 3 is 2.59 bits per heavy atom. The molecule has 2 atom stereocenters. The number of carbonyl (C=O) groups excluding carboxylic acids is 1. The molecule has 3 rings (SSSR count). The van der Waals surface area contributed by atoms with Crippen LogP contribution < -0.4 is 15.8 Å². The zero-order chi connectivity index (χ0) is 19.3. The Balaban J connectivity index is 0.00000261. The van der Waals surface area contributed by atoms with Crippen LogP contribution in [0.3, 0.4) is 0 Å². The van der Waals surface area contributed by atoms with Gasteiger partial charge in [-0.25, -0.2) is 13.6 Å². The van der Waals surface area contributed by atoms with E-state index in [0.29, 0.717) is 13.0 Å². The number of nitrogens with zero attached hydrogens (tertiary/aromatic N) is 2. The van der Waals surface area contributed by atoms with Crippen LogP contribution in [-0.2, 0) is 21.2 Å². The molecule has 0 aromatic heterocycles. The second-order valence-corrected chi connectivity index (χ2v) is 9.81. The van der Waals surface area contributed by atoms with E-state index in [4.69, 9.17) is 10.9 Å². The number of amides is 1. The van der Waals surface area contributed by atoms with Crippen LogP contribution in [0.5, 0.6) is 0 Å². The van der Waals surface area contributed by atoms with Crippen LogP contribution in [0, 0.1) is 5.41 Å². The zero-order valence-corrected chi connectivity index (χ0v) is 17.6. The smallest absolute Gasteiger partial charge is 0.241 e. The van der Waals surface area contributed by atoms with Gasteiger partial charge in [-0.1, -0.05) is 13.8 Å². The third-order valence-corrected chi connectivity index (χ3v) is 6.52. The van der Waals surface area contributed by atoms with Gasteiger partial charge in [0, 0.05) is 30.9 Å². The first-order valence-electron chi connectivity index (χ1n) is 8.95. The number of halogens is 1. The lowest BCUT2D eigenvalue weighted by molar-refractivity contribution is -0.120. The number of hydrogen-bond donors (Lipinski definition) is 2. The lowest BCUT2D eigenvalue weighted by atomic mass is 9.80. The summed E-state index contributed by atoms with van der Waals surface area (Å²) in [4.78, 5) is 17.0. The van der Waals surface area contributed by atoms with E-state index >= 15 is 0 Å². The highest BCUT2D eigenvalue weighted by Crippen LogP contribution is 2.34. The monoisotopic (exact) mass is 416 g/mol. The van der Waals surface area contributed by atoms with Crippen molar-refractivity contribution in [1.82, 2.24) is 4.90 Å². The molecular formula is C18H29ClN4O3S. The molecule has 9 heteroatoms. The average Bonchev–Trinajstić information content (AvgIpc) is 2.84. The van der Waals surface area contributed by atoms with Gasteiger partial charge in [-0.15, -0.1) is 12.4 Å². The molecule has 0 radical (unpaired) electrons.